The number of hydrogen-bond donors (Lipinski definition) is 2. The maximum atomic E-state index is 4.63. The van der Waals surface area contributed by atoms with E-state index in [2.05, 4.69) is 35.4 Å². The second-order valence-corrected chi connectivity index (χ2v) is 6.92. The molecule has 0 amide bonds. The van der Waals surface area contributed by atoms with Crippen molar-refractivity contribution < 1.29 is 0 Å². The lowest BCUT2D eigenvalue weighted by Crippen LogP contribution is -2.42. The molecular weight excluding hydrogens is 274 g/mol. The van der Waals surface area contributed by atoms with Crippen molar-refractivity contribution in [1.82, 2.24) is 10.6 Å². The second kappa shape index (κ2) is 10.5. The zero-order valence-corrected chi connectivity index (χ0v) is 13.8. The molecule has 2 atom stereocenters. The van der Waals surface area contributed by atoms with Crippen LogP contribution < -0.4 is 10.6 Å². The molecule has 110 valence electrons. The third-order valence-corrected chi connectivity index (χ3v) is 5.18. The third kappa shape index (κ3) is 7.16. The fourth-order valence-corrected chi connectivity index (χ4v) is 3.54. The van der Waals surface area contributed by atoms with Crippen molar-refractivity contribution in [3.8, 4) is 0 Å². The van der Waals surface area contributed by atoms with Crippen LogP contribution in [-0.4, -0.2) is 48.1 Å². The fraction of sp³-hybridized carbons (Fsp3) is 0.786. The number of guanidine groups is 1. The first-order chi connectivity index (χ1) is 9.30. The molecule has 0 bridgehead atoms. The van der Waals surface area contributed by atoms with E-state index in [1.807, 2.05) is 29.6 Å². The lowest BCUT2D eigenvalue weighted by atomic mass is 10.2. The van der Waals surface area contributed by atoms with Gasteiger partial charge in [-0.25, -0.2) is 0 Å². The summed E-state index contributed by atoms with van der Waals surface area (Å²) in [7, 11) is 0. The van der Waals surface area contributed by atoms with Crippen LogP contribution in [0.2, 0.25) is 0 Å². The fourth-order valence-electron chi connectivity index (χ4n) is 2.19. The van der Waals surface area contributed by atoms with Gasteiger partial charge in [-0.2, -0.15) is 23.5 Å². The Balaban J connectivity index is 2.30. The van der Waals surface area contributed by atoms with Crippen molar-refractivity contribution in [2.45, 2.75) is 37.5 Å². The van der Waals surface area contributed by atoms with Gasteiger partial charge in [-0.1, -0.05) is 6.08 Å². The summed E-state index contributed by atoms with van der Waals surface area (Å²) in [5, 5.41) is 7.73. The minimum atomic E-state index is 0.594. The monoisotopic (exact) mass is 301 g/mol. The van der Waals surface area contributed by atoms with Crippen molar-refractivity contribution in [3.63, 3.8) is 0 Å². The zero-order chi connectivity index (χ0) is 13.9. The average molecular weight is 302 g/mol. The highest BCUT2D eigenvalue weighted by molar-refractivity contribution is 7.99. The van der Waals surface area contributed by atoms with Crippen LogP contribution >= 0.6 is 23.5 Å². The second-order valence-electron chi connectivity index (χ2n) is 4.64. The van der Waals surface area contributed by atoms with Crippen molar-refractivity contribution in [2.24, 2.45) is 4.99 Å². The third-order valence-electron chi connectivity index (χ3n) is 3.14. The number of aliphatic imine (C=N–C) groups is 1. The maximum absolute atomic E-state index is 4.63. The molecule has 0 radical (unpaired) electrons. The molecule has 1 saturated carbocycles. The van der Waals surface area contributed by atoms with Gasteiger partial charge >= 0.3 is 0 Å². The standard InChI is InChI=1S/C14H27N3S2/c1-4-9-19-10-8-16-14(15-5-2)17-12-6-7-13(11-12)18-3/h4,12-13H,1,5-11H2,2-3H3,(H2,15,16,17). The summed E-state index contributed by atoms with van der Waals surface area (Å²) in [6.45, 7) is 7.63. The quantitative estimate of drug-likeness (QED) is 0.313. The number of hydrogen-bond acceptors (Lipinski definition) is 3. The van der Waals surface area contributed by atoms with Gasteiger partial charge in [0, 0.05) is 29.3 Å². The lowest BCUT2D eigenvalue weighted by Gasteiger charge is -2.17. The Labute approximate surface area is 126 Å². The summed E-state index contributed by atoms with van der Waals surface area (Å²) in [5.41, 5.74) is 0. The highest BCUT2D eigenvalue weighted by atomic mass is 32.2. The van der Waals surface area contributed by atoms with Crippen LogP contribution in [0.15, 0.2) is 17.6 Å². The molecule has 2 unspecified atom stereocenters. The molecule has 1 rings (SSSR count). The highest BCUT2D eigenvalue weighted by Crippen LogP contribution is 2.27. The molecule has 0 aliphatic heterocycles. The smallest absolute Gasteiger partial charge is 0.191 e. The van der Waals surface area contributed by atoms with E-state index in [1.165, 1.54) is 19.3 Å². The normalized spacial score (nSPS) is 23.4. The maximum Gasteiger partial charge on any atom is 0.191 e. The van der Waals surface area contributed by atoms with Crippen LogP contribution in [0, 0.1) is 0 Å². The van der Waals surface area contributed by atoms with Gasteiger partial charge < -0.3 is 10.6 Å². The molecule has 0 saturated heterocycles. The van der Waals surface area contributed by atoms with Crippen LogP contribution in [0.25, 0.3) is 0 Å². The molecule has 0 aromatic heterocycles. The van der Waals surface area contributed by atoms with Crippen LogP contribution in [0.1, 0.15) is 26.2 Å². The van der Waals surface area contributed by atoms with Gasteiger partial charge in [0.1, 0.15) is 0 Å². The Morgan fingerprint density at radius 2 is 2.32 bits per heavy atom. The summed E-state index contributed by atoms with van der Waals surface area (Å²) in [6, 6.07) is 0.594. The molecule has 1 aliphatic carbocycles. The first kappa shape index (κ1) is 16.8. The molecule has 0 spiro atoms. The van der Waals surface area contributed by atoms with E-state index < -0.39 is 0 Å². The molecule has 1 aliphatic rings. The van der Waals surface area contributed by atoms with Crippen LogP contribution in [0.4, 0.5) is 0 Å². The molecule has 0 heterocycles. The van der Waals surface area contributed by atoms with Crippen molar-refractivity contribution in [1.29, 1.82) is 0 Å². The molecule has 19 heavy (non-hydrogen) atoms. The summed E-state index contributed by atoms with van der Waals surface area (Å²) in [4.78, 5) is 4.63. The molecular formula is C14H27N3S2. The largest absolute Gasteiger partial charge is 0.357 e. The minimum absolute atomic E-state index is 0.594. The molecule has 5 heteroatoms. The van der Waals surface area contributed by atoms with E-state index >= 15 is 0 Å². The van der Waals surface area contributed by atoms with E-state index in [0.717, 1.165) is 35.8 Å². The van der Waals surface area contributed by atoms with Gasteiger partial charge in [0.05, 0.1) is 6.54 Å². The number of rotatable bonds is 8. The van der Waals surface area contributed by atoms with E-state index in [-0.39, 0.29) is 0 Å². The van der Waals surface area contributed by atoms with Gasteiger partial charge in [0.2, 0.25) is 0 Å². The van der Waals surface area contributed by atoms with Crippen molar-refractivity contribution in [3.05, 3.63) is 12.7 Å². The van der Waals surface area contributed by atoms with Crippen LogP contribution in [-0.2, 0) is 0 Å². The summed E-state index contributed by atoms with van der Waals surface area (Å²) >= 11 is 3.87. The molecule has 0 aromatic carbocycles. The number of nitrogens with one attached hydrogen (secondary N) is 2. The molecule has 2 N–H and O–H groups in total. The van der Waals surface area contributed by atoms with Gasteiger partial charge in [0.25, 0.3) is 0 Å². The Hall–Kier alpha value is -0.290. The Kier molecular flexibility index (Phi) is 9.26. The minimum Gasteiger partial charge on any atom is -0.357 e. The summed E-state index contributed by atoms with van der Waals surface area (Å²) in [6.07, 6.45) is 8.01. The van der Waals surface area contributed by atoms with E-state index in [9.17, 15) is 0 Å². The Morgan fingerprint density at radius 1 is 1.47 bits per heavy atom. The SMILES string of the molecule is C=CCSCCN=C(NCC)NC1CCC(SC)C1. The average Bonchev–Trinajstić information content (AvgIpc) is 2.86. The predicted octanol–water partition coefficient (Wildman–Crippen LogP) is 2.74. The first-order valence-electron chi connectivity index (χ1n) is 7.06. The molecule has 3 nitrogen and oxygen atoms in total. The highest BCUT2D eigenvalue weighted by Gasteiger charge is 2.24. The predicted molar refractivity (Wildman–Crippen MR) is 91.6 cm³/mol. The summed E-state index contributed by atoms with van der Waals surface area (Å²) < 4.78 is 0. The zero-order valence-electron chi connectivity index (χ0n) is 12.2. The number of thioether (sulfide) groups is 2. The van der Waals surface area contributed by atoms with Crippen LogP contribution in [0.5, 0.6) is 0 Å². The topological polar surface area (TPSA) is 36.4 Å². The van der Waals surface area contributed by atoms with Gasteiger partial charge in [-0.05, 0) is 32.4 Å². The van der Waals surface area contributed by atoms with Crippen molar-refractivity contribution in [2.75, 3.05) is 30.9 Å². The molecule has 1 fully saturated rings. The lowest BCUT2D eigenvalue weighted by molar-refractivity contribution is 0.616. The first-order valence-corrected chi connectivity index (χ1v) is 9.50. The van der Waals surface area contributed by atoms with Gasteiger partial charge in [0.15, 0.2) is 5.96 Å². The van der Waals surface area contributed by atoms with E-state index in [1.54, 1.807) is 0 Å². The van der Waals surface area contributed by atoms with Gasteiger partial charge in [-0.3, -0.25) is 4.99 Å². The summed E-state index contributed by atoms with van der Waals surface area (Å²) in [5.74, 6) is 3.05. The van der Waals surface area contributed by atoms with Crippen molar-refractivity contribution >= 4 is 29.5 Å². The molecule has 0 aromatic rings. The Bertz CT molecular complexity index is 282. The van der Waals surface area contributed by atoms with Gasteiger partial charge in [-0.15, -0.1) is 6.58 Å². The Morgan fingerprint density at radius 3 is 2.95 bits per heavy atom. The van der Waals surface area contributed by atoms with E-state index in [0.29, 0.717) is 6.04 Å². The number of nitrogens with zero attached hydrogens (tertiary/aromatic N) is 1. The van der Waals surface area contributed by atoms with Crippen LogP contribution in [0.3, 0.4) is 0 Å². The van der Waals surface area contributed by atoms with E-state index in [4.69, 9.17) is 0 Å².